The Morgan fingerprint density at radius 1 is 0.940 bits per heavy atom. The summed E-state index contributed by atoms with van der Waals surface area (Å²) in [7, 11) is 0. The number of nitrogens with zero attached hydrogens (tertiary/aromatic N) is 3. The number of thiophene rings is 1. The van der Waals surface area contributed by atoms with Crippen molar-refractivity contribution in [2.75, 3.05) is 18.0 Å². The second kappa shape index (κ2) is 17.4. The molecule has 1 saturated heterocycles. The lowest BCUT2D eigenvalue weighted by atomic mass is 9.85. The molecule has 1 aliphatic carbocycles. The van der Waals surface area contributed by atoms with Gasteiger partial charge in [-0.3, -0.25) is 24.0 Å². The van der Waals surface area contributed by atoms with E-state index in [9.17, 15) is 28.8 Å². The van der Waals surface area contributed by atoms with E-state index in [1.807, 2.05) is 60.2 Å². The summed E-state index contributed by atoms with van der Waals surface area (Å²) in [5, 5.41) is 8.77. The minimum absolute atomic E-state index is 0.0447. The van der Waals surface area contributed by atoms with Crippen molar-refractivity contribution < 1.29 is 33.6 Å². The van der Waals surface area contributed by atoms with E-state index >= 15 is 0 Å². The molecule has 2 N–H and O–H groups in total. The zero-order valence-corrected chi connectivity index (χ0v) is 29.7. The molecule has 0 spiro atoms. The van der Waals surface area contributed by atoms with Crippen molar-refractivity contribution in [3.63, 3.8) is 0 Å². The van der Waals surface area contributed by atoms with Gasteiger partial charge in [0, 0.05) is 50.0 Å². The highest BCUT2D eigenvalue weighted by Crippen LogP contribution is 2.28. The van der Waals surface area contributed by atoms with Crippen LogP contribution in [0.3, 0.4) is 0 Å². The number of unbranched alkanes of at least 4 members (excludes halogenated alkanes) is 4. The maximum Gasteiger partial charge on any atom is 0.333 e. The molecular formula is C37H47N5O7S. The molecule has 0 atom stereocenters. The number of hydrogen-bond acceptors (Lipinski definition) is 8. The van der Waals surface area contributed by atoms with E-state index in [2.05, 4.69) is 10.6 Å². The number of nitrogens with one attached hydrogen (secondary N) is 2. The number of aromatic nitrogens is 1. The molecular weight excluding hydrogens is 659 g/mol. The number of imide groups is 1. The first kappa shape index (κ1) is 36.8. The van der Waals surface area contributed by atoms with Crippen LogP contribution < -0.4 is 15.5 Å². The average Bonchev–Trinajstić information content (AvgIpc) is 3.79. The maximum atomic E-state index is 13.6. The van der Waals surface area contributed by atoms with Crippen LogP contribution in [-0.4, -0.2) is 64.3 Å². The van der Waals surface area contributed by atoms with Gasteiger partial charge >= 0.3 is 5.97 Å². The number of benzene rings is 1. The number of hydroxylamine groups is 2. The van der Waals surface area contributed by atoms with Crippen LogP contribution in [0.2, 0.25) is 0 Å². The lowest BCUT2D eigenvalue weighted by Crippen LogP contribution is -2.42. The molecule has 5 amide bonds. The Hall–Kier alpha value is -4.52. The Morgan fingerprint density at radius 3 is 2.38 bits per heavy atom. The second-order valence-corrected chi connectivity index (χ2v) is 14.1. The lowest BCUT2D eigenvalue weighted by molar-refractivity contribution is -0.197. The van der Waals surface area contributed by atoms with Gasteiger partial charge in [0.25, 0.3) is 17.7 Å². The first-order chi connectivity index (χ1) is 24.1. The normalized spacial score (nSPS) is 17.6. The molecule has 1 saturated carbocycles. The summed E-state index contributed by atoms with van der Waals surface area (Å²) in [5.41, 5.74) is 3.24. The zero-order valence-electron chi connectivity index (χ0n) is 28.9. The van der Waals surface area contributed by atoms with Gasteiger partial charge in [0.1, 0.15) is 12.2 Å². The van der Waals surface area contributed by atoms with Crippen LogP contribution in [0.5, 0.6) is 0 Å². The summed E-state index contributed by atoms with van der Waals surface area (Å²) in [6.45, 7) is 5.10. The third kappa shape index (κ3) is 9.38. The van der Waals surface area contributed by atoms with Gasteiger partial charge in [0.15, 0.2) is 0 Å². The van der Waals surface area contributed by atoms with E-state index in [0.717, 1.165) is 47.2 Å². The Balaban J connectivity index is 1.00. The second-order valence-electron chi connectivity index (χ2n) is 13.1. The highest BCUT2D eigenvalue weighted by molar-refractivity contribution is 7.17. The topological polar surface area (TPSA) is 147 Å². The van der Waals surface area contributed by atoms with E-state index in [-0.39, 0.29) is 55.5 Å². The van der Waals surface area contributed by atoms with Crippen LogP contribution in [-0.2, 0) is 35.4 Å². The maximum absolute atomic E-state index is 13.6. The van der Waals surface area contributed by atoms with Gasteiger partial charge in [-0.1, -0.05) is 31.4 Å². The highest BCUT2D eigenvalue weighted by atomic mass is 32.1. The van der Waals surface area contributed by atoms with Crippen molar-refractivity contribution in [2.45, 2.75) is 103 Å². The zero-order chi connectivity index (χ0) is 35.6. The van der Waals surface area contributed by atoms with Crippen LogP contribution in [0.4, 0.5) is 5.69 Å². The van der Waals surface area contributed by atoms with Crippen molar-refractivity contribution in [1.29, 1.82) is 0 Å². The lowest BCUT2D eigenvalue weighted by Gasteiger charge is -2.28. The first-order valence-electron chi connectivity index (χ1n) is 17.7. The molecule has 2 aromatic heterocycles. The number of fused-ring (bicyclic) bond motifs is 1. The number of hydrogen-bond donors (Lipinski definition) is 2. The molecule has 3 heterocycles. The van der Waals surface area contributed by atoms with Gasteiger partial charge in [-0.15, -0.1) is 16.4 Å². The van der Waals surface area contributed by atoms with Gasteiger partial charge in [-0.05, 0) is 87.6 Å². The van der Waals surface area contributed by atoms with E-state index in [4.69, 9.17) is 4.84 Å². The quantitative estimate of drug-likeness (QED) is 0.150. The first-order valence-corrected chi connectivity index (χ1v) is 18.6. The fourth-order valence-corrected chi connectivity index (χ4v) is 7.52. The molecule has 0 bridgehead atoms. The summed E-state index contributed by atoms with van der Waals surface area (Å²) in [6.07, 6.45) is 7.16. The van der Waals surface area contributed by atoms with Crippen LogP contribution in [0, 0.1) is 12.8 Å². The Bertz CT molecular complexity index is 1690. The number of rotatable bonds is 16. The third-order valence-electron chi connectivity index (χ3n) is 9.47. The average molecular weight is 706 g/mol. The molecule has 0 unspecified atom stereocenters. The summed E-state index contributed by atoms with van der Waals surface area (Å²) in [5.74, 6) is -1.86. The standard InChI is InChI=1S/C37H47N5O7S/c1-3-40(28-11-9-10-25(2)22-28)34(45)24-41-29-19-21-50-31(29)23-30(41)37(48)39-27-15-13-26(14-16-27)36(47)38-20-8-6-4-5-7-12-35(46)49-42-32(43)17-18-33(42)44/h9-11,19,21-23,26-27H,3-8,12-18,20,24H2,1-2H3,(H,38,47)(H,39,48). The fourth-order valence-electron chi connectivity index (χ4n) is 6.70. The smallest absolute Gasteiger partial charge is 0.333 e. The van der Waals surface area contributed by atoms with Crippen molar-refractivity contribution in [3.8, 4) is 0 Å². The molecule has 3 aromatic rings. The van der Waals surface area contributed by atoms with E-state index in [0.29, 0.717) is 56.0 Å². The van der Waals surface area contributed by atoms with Gasteiger partial charge in [0.05, 0.1) is 10.2 Å². The third-order valence-corrected chi connectivity index (χ3v) is 10.3. The number of likely N-dealkylation sites (N-methyl/N-ethyl adjacent to an activating group) is 1. The van der Waals surface area contributed by atoms with Gasteiger partial charge < -0.3 is 24.9 Å². The molecule has 2 fully saturated rings. The Kier molecular flexibility index (Phi) is 12.8. The number of anilines is 1. The molecule has 2 aliphatic rings. The van der Waals surface area contributed by atoms with Crippen LogP contribution in [0.15, 0.2) is 41.8 Å². The largest absolute Gasteiger partial charge is 0.356 e. The molecule has 268 valence electrons. The van der Waals surface area contributed by atoms with Crippen molar-refractivity contribution in [3.05, 3.63) is 53.0 Å². The SMILES string of the molecule is CCN(C(=O)Cn1c(C(=O)NC2CCC(C(=O)NCCCCCCCC(=O)ON3C(=O)CCC3=O)CC2)cc2sccc21)c1cccc(C)c1. The van der Waals surface area contributed by atoms with Crippen LogP contribution >= 0.6 is 11.3 Å². The van der Waals surface area contributed by atoms with Gasteiger partial charge in [0.2, 0.25) is 11.8 Å². The molecule has 5 rings (SSSR count). The molecule has 1 aliphatic heterocycles. The summed E-state index contributed by atoms with van der Waals surface area (Å²) < 4.78 is 2.77. The molecule has 12 nitrogen and oxygen atoms in total. The van der Waals surface area contributed by atoms with Crippen LogP contribution in [0.25, 0.3) is 10.2 Å². The summed E-state index contributed by atoms with van der Waals surface area (Å²) in [4.78, 5) is 81.5. The van der Waals surface area contributed by atoms with Gasteiger partial charge in [-0.2, -0.15) is 0 Å². The predicted molar refractivity (Wildman–Crippen MR) is 190 cm³/mol. The van der Waals surface area contributed by atoms with E-state index in [1.54, 1.807) is 16.2 Å². The predicted octanol–water partition coefficient (Wildman–Crippen LogP) is 5.42. The number of aryl methyl sites for hydroxylation is 1. The van der Waals surface area contributed by atoms with Crippen molar-refractivity contribution >= 4 is 62.7 Å². The number of amides is 5. The molecule has 0 radical (unpaired) electrons. The van der Waals surface area contributed by atoms with Crippen LogP contribution in [0.1, 0.15) is 100 Å². The highest BCUT2D eigenvalue weighted by Gasteiger charge is 2.33. The number of carbonyl (C=O) groups excluding carboxylic acids is 6. The fraction of sp³-hybridized carbons (Fsp3) is 0.514. The Morgan fingerprint density at radius 2 is 1.66 bits per heavy atom. The van der Waals surface area contributed by atoms with Crippen molar-refractivity contribution in [2.24, 2.45) is 5.92 Å². The van der Waals surface area contributed by atoms with Crippen molar-refractivity contribution in [1.82, 2.24) is 20.3 Å². The monoisotopic (exact) mass is 705 g/mol. The molecule has 1 aromatic carbocycles. The summed E-state index contributed by atoms with van der Waals surface area (Å²) >= 11 is 1.54. The summed E-state index contributed by atoms with van der Waals surface area (Å²) in [6, 6.07) is 11.6. The van der Waals surface area contributed by atoms with E-state index in [1.165, 1.54) is 0 Å². The van der Waals surface area contributed by atoms with Gasteiger partial charge in [-0.25, -0.2) is 4.79 Å². The molecule has 13 heteroatoms. The minimum Gasteiger partial charge on any atom is -0.356 e. The Labute approximate surface area is 296 Å². The van der Waals surface area contributed by atoms with E-state index < -0.39 is 17.8 Å². The molecule has 50 heavy (non-hydrogen) atoms. The minimum atomic E-state index is -0.575. The number of carbonyl (C=O) groups is 6.